The van der Waals surface area contributed by atoms with Crippen LogP contribution in [0.15, 0.2) is 36.7 Å². The molecule has 0 aliphatic heterocycles. The fraction of sp³-hybridized carbons (Fsp3) is 0.133. The number of amides is 1. The Balaban J connectivity index is 2.00. The van der Waals surface area contributed by atoms with Crippen molar-refractivity contribution < 1.29 is 31.1 Å². The molecular weight excluding hydrogens is 366 g/mol. The lowest BCUT2D eigenvalue weighted by atomic mass is 10.1. The average Bonchev–Trinajstić information content (AvgIpc) is 2.97. The van der Waals surface area contributed by atoms with E-state index < -0.39 is 35.1 Å². The summed E-state index contributed by atoms with van der Waals surface area (Å²) in [5.74, 6) is -0.975. The van der Waals surface area contributed by atoms with Gasteiger partial charge in [-0.05, 0) is 24.3 Å². The number of halogens is 6. The van der Waals surface area contributed by atoms with Gasteiger partial charge in [-0.25, -0.2) is 0 Å². The van der Waals surface area contributed by atoms with Crippen LogP contribution in [-0.4, -0.2) is 21.1 Å². The zero-order chi connectivity index (χ0) is 19.1. The first-order valence-electron chi connectivity index (χ1n) is 6.94. The molecule has 3 rings (SSSR count). The zero-order valence-electron chi connectivity index (χ0n) is 12.5. The van der Waals surface area contributed by atoms with Crippen molar-refractivity contribution in [3.05, 3.63) is 53.5 Å². The summed E-state index contributed by atoms with van der Waals surface area (Å²) in [6.45, 7) is 0. The van der Waals surface area contributed by atoms with Crippen molar-refractivity contribution in [2.75, 3.05) is 5.32 Å². The quantitative estimate of drug-likeness (QED) is 0.659. The normalized spacial score (nSPS) is 12.4. The molecule has 1 aromatic carbocycles. The molecule has 1 amide bonds. The highest BCUT2D eigenvalue weighted by Crippen LogP contribution is 2.37. The van der Waals surface area contributed by atoms with Crippen LogP contribution >= 0.6 is 0 Å². The minimum absolute atomic E-state index is 0.0243. The monoisotopic (exact) mass is 374 g/mol. The summed E-state index contributed by atoms with van der Waals surface area (Å²) < 4.78 is 77.1. The van der Waals surface area contributed by atoms with E-state index in [4.69, 9.17) is 0 Å². The maximum atomic E-state index is 12.8. The minimum atomic E-state index is -5.01. The highest BCUT2D eigenvalue weighted by Gasteiger charge is 2.37. The molecule has 5 nitrogen and oxygen atoms in total. The number of fused-ring (bicyclic) bond motifs is 1. The third-order valence-corrected chi connectivity index (χ3v) is 3.42. The molecule has 26 heavy (non-hydrogen) atoms. The SMILES string of the molecule is O=C(Nc1cc(C(F)(F)F)cc(C(F)(F)F)c1)c1n[nH]c2ccncc12. The van der Waals surface area contributed by atoms with Crippen molar-refractivity contribution in [3.63, 3.8) is 0 Å². The van der Waals surface area contributed by atoms with Gasteiger partial charge in [-0.15, -0.1) is 0 Å². The number of alkyl halides is 6. The van der Waals surface area contributed by atoms with Gasteiger partial charge in [0.05, 0.1) is 22.0 Å². The van der Waals surface area contributed by atoms with Crippen LogP contribution < -0.4 is 5.32 Å². The molecule has 0 fully saturated rings. The van der Waals surface area contributed by atoms with Gasteiger partial charge in [0.1, 0.15) is 0 Å². The van der Waals surface area contributed by atoms with Crippen molar-refractivity contribution in [1.29, 1.82) is 0 Å². The number of benzene rings is 1. The topological polar surface area (TPSA) is 70.7 Å². The van der Waals surface area contributed by atoms with Gasteiger partial charge in [-0.3, -0.25) is 14.9 Å². The number of aromatic amines is 1. The lowest BCUT2D eigenvalue weighted by molar-refractivity contribution is -0.143. The number of H-pyrrole nitrogens is 1. The lowest BCUT2D eigenvalue weighted by Crippen LogP contribution is -2.16. The van der Waals surface area contributed by atoms with E-state index in [2.05, 4.69) is 15.2 Å². The van der Waals surface area contributed by atoms with Crippen LogP contribution in [-0.2, 0) is 12.4 Å². The molecule has 2 heterocycles. The van der Waals surface area contributed by atoms with Gasteiger partial charge in [0.2, 0.25) is 0 Å². The first-order chi connectivity index (χ1) is 12.1. The standard InChI is InChI=1S/C15H8F6N4O/c16-14(17,18)7-3-8(15(19,20)21)5-9(4-7)23-13(26)12-10-6-22-2-1-11(10)24-25-12/h1-6H,(H,23,26)(H,24,25). The van der Waals surface area contributed by atoms with E-state index in [1.807, 2.05) is 5.32 Å². The molecule has 0 spiro atoms. The van der Waals surface area contributed by atoms with Gasteiger partial charge in [0.15, 0.2) is 5.69 Å². The van der Waals surface area contributed by atoms with Crippen LogP contribution in [0, 0.1) is 0 Å². The number of rotatable bonds is 2. The van der Waals surface area contributed by atoms with Gasteiger partial charge in [0.25, 0.3) is 5.91 Å². The van der Waals surface area contributed by atoms with Crippen LogP contribution in [0.5, 0.6) is 0 Å². The van der Waals surface area contributed by atoms with E-state index in [-0.39, 0.29) is 17.1 Å². The molecule has 0 saturated heterocycles. The second-order valence-corrected chi connectivity index (χ2v) is 5.24. The number of anilines is 1. The first kappa shape index (κ1) is 17.7. The molecule has 0 aliphatic rings. The minimum Gasteiger partial charge on any atom is -0.321 e. The number of nitrogens with one attached hydrogen (secondary N) is 2. The Kier molecular flexibility index (Phi) is 4.09. The summed E-state index contributed by atoms with van der Waals surface area (Å²) in [5.41, 5.74) is -3.49. The number of pyridine rings is 1. The molecular formula is C15H8F6N4O. The van der Waals surface area contributed by atoms with Crippen LogP contribution in [0.4, 0.5) is 32.0 Å². The third-order valence-electron chi connectivity index (χ3n) is 3.42. The summed E-state index contributed by atoms with van der Waals surface area (Å²) in [7, 11) is 0. The number of hydrogen-bond donors (Lipinski definition) is 2. The average molecular weight is 374 g/mol. The molecule has 3 aromatic rings. The Bertz CT molecular complexity index is 944. The summed E-state index contributed by atoms with van der Waals surface area (Å²) in [4.78, 5) is 16.0. The molecule has 2 N–H and O–H groups in total. The maximum Gasteiger partial charge on any atom is 0.416 e. The molecule has 2 aromatic heterocycles. The predicted octanol–water partition coefficient (Wildman–Crippen LogP) is 4.25. The van der Waals surface area contributed by atoms with Crippen LogP contribution in [0.2, 0.25) is 0 Å². The molecule has 0 bridgehead atoms. The summed E-state index contributed by atoms with van der Waals surface area (Å²) in [5, 5.41) is 8.51. The predicted molar refractivity (Wildman–Crippen MR) is 78.3 cm³/mol. The largest absolute Gasteiger partial charge is 0.416 e. The number of nitrogens with zero attached hydrogens (tertiary/aromatic N) is 2. The Morgan fingerprint density at radius 3 is 2.19 bits per heavy atom. The van der Waals surface area contributed by atoms with Crippen molar-refractivity contribution in [3.8, 4) is 0 Å². The number of carbonyl (C=O) groups excluding carboxylic acids is 1. The second kappa shape index (κ2) is 6.00. The first-order valence-corrected chi connectivity index (χ1v) is 6.94. The molecule has 0 unspecified atom stereocenters. The lowest BCUT2D eigenvalue weighted by Gasteiger charge is -2.14. The van der Waals surface area contributed by atoms with Gasteiger partial charge >= 0.3 is 12.4 Å². The third kappa shape index (κ3) is 3.46. The highest BCUT2D eigenvalue weighted by atomic mass is 19.4. The van der Waals surface area contributed by atoms with Gasteiger partial charge < -0.3 is 5.32 Å². The van der Waals surface area contributed by atoms with Crippen molar-refractivity contribution in [2.24, 2.45) is 0 Å². The summed E-state index contributed by atoms with van der Waals surface area (Å²) in [6.07, 6.45) is -7.31. The Morgan fingerprint density at radius 2 is 1.62 bits per heavy atom. The fourth-order valence-corrected chi connectivity index (χ4v) is 2.25. The Hall–Kier alpha value is -3.11. The highest BCUT2D eigenvalue weighted by molar-refractivity contribution is 6.10. The van der Waals surface area contributed by atoms with E-state index in [1.165, 1.54) is 18.5 Å². The molecule has 0 radical (unpaired) electrons. The smallest absolute Gasteiger partial charge is 0.321 e. The van der Waals surface area contributed by atoms with Crippen LogP contribution in [0.25, 0.3) is 10.9 Å². The Morgan fingerprint density at radius 1 is 1.00 bits per heavy atom. The molecule has 0 atom stereocenters. The number of aromatic nitrogens is 3. The van der Waals surface area contributed by atoms with E-state index in [9.17, 15) is 31.1 Å². The van der Waals surface area contributed by atoms with Gasteiger partial charge in [-0.2, -0.15) is 31.4 Å². The molecule has 0 saturated carbocycles. The van der Waals surface area contributed by atoms with Crippen LogP contribution in [0.1, 0.15) is 21.6 Å². The van der Waals surface area contributed by atoms with Gasteiger partial charge in [-0.1, -0.05) is 0 Å². The molecule has 136 valence electrons. The molecule has 11 heteroatoms. The second-order valence-electron chi connectivity index (χ2n) is 5.24. The van der Waals surface area contributed by atoms with Gasteiger partial charge in [0, 0.05) is 18.1 Å². The number of hydrogen-bond acceptors (Lipinski definition) is 3. The van der Waals surface area contributed by atoms with Crippen molar-refractivity contribution in [2.45, 2.75) is 12.4 Å². The van der Waals surface area contributed by atoms with E-state index >= 15 is 0 Å². The Labute approximate surface area is 141 Å². The maximum absolute atomic E-state index is 12.8. The number of carbonyl (C=O) groups is 1. The summed E-state index contributed by atoms with van der Waals surface area (Å²) >= 11 is 0. The van der Waals surface area contributed by atoms with Crippen molar-refractivity contribution in [1.82, 2.24) is 15.2 Å². The van der Waals surface area contributed by atoms with E-state index in [1.54, 1.807) is 0 Å². The van der Waals surface area contributed by atoms with Crippen molar-refractivity contribution >= 4 is 22.5 Å². The molecule has 0 aliphatic carbocycles. The fourth-order valence-electron chi connectivity index (χ4n) is 2.25. The van der Waals surface area contributed by atoms with Crippen LogP contribution in [0.3, 0.4) is 0 Å². The zero-order valence-corrected chi connectivity index (χ0v) is 12.5. The van der Waals surface area contributed by atoms with E-state index in [0.717, 1.165) is 0 Å². The van der Waals surface area contributed by atoms with E-state index in [0.29, 0.717) is 17.6 Å². The summed E-state index contributed by atoms with van der Waals surface area (Å²) in [6, 6.07) is 2.31.